The molecule has 4 heteroatoms. The number of amides is 1. The fraction of sp³-hybridized carbons (Fsp3) is 0.818. The highest BCUT2D eigenvalue weighted by molar-refractivity contribution is 5.77. The van der Waals surface area contributed by atoms with Crippen molar-refractivity contribution in [2.45, 2.75) is 85.7 Å². The van der Waals surface area contributed by atoms with E-state index in [-0.39, 0.29) is 5.91 Å². The molecule has 2 bridgehead atoms. The lowest BCUT2D eigenvalue weighted by Crippen LogP contribution is -2.39. The van der Waals surface area contributed by atoms with Crippen LogP contribution in [0.25, 0.3) is 0 Å². The van der Waals surface area contributed by atoms with Gasteiger partial charge in [-0.1, -0.05) is 34.6 Å². The van der Waals surface area contributed by atoms with E-state index in [1.165, 1.54) is 24.1 Å². The molecule has 0 spiro atoms. The summed E-state index contributed by atoms with van der Waals surface area (Å²) in [5.74, 6) is 1.72. The van der Waals surface area contributed by atoms with Crippen LogP contribution >= 0.6 is 0 Å². The third-order valence-corrected chi connectivity index (χ3v) is 8.08. The number of nitrogens with zero attached hydrogens (tertiary/aromatic N) is 3. The van der Waals surface area contributed by atoms with E-state index >= 15 is 0 Å². The summed E-state index contributed by atoms with van der Waals surface area (Å²) < 4.78 is 2.05. The zero-order valence-corrected chi connectivity index (χ0v) is 17.2. The van der Waals surface area contributed by atoms with Gasteiger partial charge < -0.3 is 4.90 Å². The van der Waals surface area contributed by atoms with Crippen LogP contribution in [0.5, 0.6) is 0 Å². The van der Waals surface area contributed by atoms with Crippen molar-refractivity contribution in [3.8, 4) is 0 Å². The highest BCUT2D eigenvalue weighted by Gasteiger charge is 2.63. The van der Waals surface area contributed by atoms with Crippen LogP contribution in [0, 0.1) is 29.1 Å². The number of fused-ring (bicyclic) bond motifs is 5. The Morgan fingerprint density at radius 1 is 1.19 bits per heavy atom. The predicted molar refractivity (Wildman–Crippen MR) is 102 cm³/mol. The van der Waals surface area contributed by atoms with Gasteiger partial charge in [0, 0.05) is 23.8 Å². The summed E-state index contributed by atoms with van der Waals surface area (Å²) in [4.78, 5) is 15.4. The minimum atomic E-state index is 0.279. The number of aromatic nitrogens is 2. The van der Waals surface area contributed by atoms with Gasteiger partial charge in [0.2, 0.25) is 5.91 Å². The second-order valence-electron chi connectivity index (χ2n) is 11.4. The summed E-state index contributed by atoms with van der Waals surface area (Å²) in [6, 6.07) is 0.424. The number of hydrogen-bond donors (Lipinski definition) is 0. The van der Waals surface area contributed by atoms with Gasteiger partial charge in [-0.05, 0) is 60.7 Å². The monoisotopic (exact) mass is 355 g/mol. The molecule has 2 saturated carbocycles. The first-order chi connectivity index (χ1) is 12.0. The molecule has 4 atom stereocenters. The van der Waals surface area contributed by atoms with Crippen molar-refractivity contribution in [1.82, 2.24) is 14.7 Å². The second-order valence-corrected chi connectivity index (χ2v) is 11.4. The number of hydrogen-bond acceptors (Lipinski definition) is 2. The fourth-order valence-electron chi connectivity index (χ4n) is 7.27. The third-order valence-electron chi connectivity index (χ3n) is 8.08. The first-order valence-corrected chi connectivity index (χ1v) is 10.4. The first-order valence-electron chi connectivity index (χ1n) is 10.4. The predicted octanol–water partition coefficient (Wildman–Crippen LogP) is 3.91. The number of carbonyl (C=O) groups is 1. The Kier molecular flexibility index (Phi) is 3.07. The Morgan fingerprint density at radius 3 is 2.65 bits per heavy atom. The maximum atomic E-state index is 13.2. The highest BCUT2D eigenvalue weighted by Crippen LogP contribution is 2.70. The Hall–Kier alpha value is -1.32. The van der Waals surface area contributed by atoms with E-state index < -0.39 is 0 Å². The van der Waals surface area contributed by atoms with E-state index in [1.807, 2.05) is 4.68 Å². The van der Waals surface area contributed by atoms with E-state index in [2.05, 4.69) is 46.4 Å². The Bertz CT molecular complexity index is 805. The minimum absolute atomic E-state index is 0.279. The maximum Gasteiger partial charge on any atom is 0.244 e. The molecule has 142 valence electrons. The maximum absolute atomic E-state index is 13.2. The highest BCUT2D eigenvalue weighted by atomic mass is 16.2. The van der Waals surface area contributed by atoms with Gasteiger partial charge in [-0.25, -0.2) is 0 Å². The molecule has 4 aliphatic rings. The lowest BCUT2D eigenvalue weighted by Gasteiger charge is -2.39. The van der Waals surface area contributed by atoms with Crippen molar-refractivity contribution in [3.63, 3.8) is 0 Å². The lowest BCUT2D eigenvalue weighted by molar-refractivity contribution is -0.133. The third kappa shape index (κ3) is 2.20. The molecule has 0 radical (unpaired) electrons. The average Bonchev–Trinajstić information content (AvgIpc) is 2.87. The zero-order valence-electron chi connectivity index (χ0n) is 17.2. The Labute approximate surface area is 157 Å². The van der Waals surface area contributed by atoms with Crippen molar-refractivity contribution in [3.05, 3.63) is 17.0 Å². The van der Waals surface area contributed by atoms with Gasteiger partial charge in [0.15, 0.2) is 0 Å². The molecule has 1 amide bonds. The van der Waals surface area contributed by atoms with Crippen molar-refractivity contribution in [1.29, 1.82) is 0 Å². The molecule has 5 rings (SSSR count). The molecule has 0 unspecified atom stereocenters. The summed E-state index contributed by atoms with van der Waals surface area (Å²) in [6.45, 7) is 15.3. The molecule has 1 saturated heterocycles. The van der Waals surface area contributed by atoms with Crippen LogP contribution in [0.4, 0.5) is 0 Å². The topological polar surface area (TPSA) is 38.1 Å². The number of carbonyl (C=O) groups excluding carboxylic acids is 1. The second kappa shape index (κ2) is 4.74. The van der Waals surface area contributed by atoms with E-state index in [0.717, 1.165) is 31.0 Å². The van der Waals surface area contributed by atoms with Crippen LogP contribution < -0.4 is 0 Å². The average molecular weight is 356 g/mol. The Balaban J connectivity index is 1.37. The molecule has 0 aromatic carbocycles. The zero-order chi connectivity index (χ0) is 18.6. The SMILES string of the molecule is Cc1nn(CC(=O)N2C[C@@]3(C)C[C@H]2CC(C)(C)C3)c2c1[C@H]1[C@H](C2)C1(C)C. The van der Waals surface area contributed by atoms with Crippen LogP contribution in [0.3, 0.4) is 0 Å². The number of rotatable bonds is 2. The summed E-state index contributed by atoms with van der Waals surface area (Å²) in [5.41, 5.74) is 5.04. The summed E-state index contributed by atoms with van der Waals surface area (Å²) in [6.07, 6.45) is 4.66. The van der Waals surface area contributed by atoms with Gasteiger partial charge in [0.1, 0.15) is 6.54 Å². The van der Waals surface area contributed by atoms with Gasteiger partial charge in [-0.3, -0.25) is 9.48 Å². The standard InChI is InChI=1S/C22H33N3O/c1-13-18-16(7-15-19(18)21(15,4)5)25(23-13)10-17(26)24-12-22(6)9-14(24)8-20(2,3)11-22/h14-15,19H,7-12H2,1-6H3/t14-,15+,19-,22+/m1/s1. The molecule has 1 aromatic heterocycles. The summed E-state index contributed by atoms with van der Waals surface area (Å²) in [5, 5.41) is 4.79. The van der Waals surface area contributed by atoms with Crippen LogP contribution in [-0.2, 0) is 17.8 Å². The number of aryl methyl sites for hydroxylation is 1. The molecule has 4 nitrogen and oxygen atoms in total. The molecule has 1 aliphatic heterocycles. The molecule has 1 aromatic rings. The molecular weight excluding hydrogens is 322 g/mol. The van der Waals surface area contributed by atoms with Gasteiger partial charge in [-0.15, -0.1) is 0 Å². The van der Waals surface area contributed by atoms with Crippen molar-refractivity contribution < 1.29 is 4.79 Å². The normalized spacial score (nSPS) is 38.2. The van der Waals surface area contributed by atoms with E-state index in [9.17, 15) is 4.79 Å². The van der Waals surface area contributed by atoms with Crippen LogP contribution in [0.15, 0.2) is 0 Å². The molecular formula is C22H33N3O. The Morgan fingerprint density at radius 2 is 1.92 bits per heavy atom. The fourth-order valence-corrected chi connectivity index (χ4v) is 7.27. The van der Waals surface area contributed by atoms with E-state index in [1.54, 1.807) is 0 Å². The van der Waals surface area contributed by atoms with Crippen molar-refractivity contribution in [2.75, 3.05) is 6.54 Å². The molecule has 26 heavy (non-hydrogen) atoms. The van der Waals surface area contributed by atoms with Crippen molar-refractivity contribution >= 4 is 5.91 Å². The van der Waals surface area contributed by atoms with Gasteiger partial charge >= 0.3 is 0 Å². The minimum Gasteiger partial charge on any atom is -0.338 e. The van der Waals surface area contributed by atoms with Gasteiger partial charge in [0.25, 0.3) is 0 Å². The van der Waals surface area contributed by atoms with E-state index in [4.69, 9.17) is 5.10 Å². The molecule has 3 aliphatic carbocycles. The van der Waals surface area contributed by atoms with Crippen LogP contribution in [0.1, 0.15) is 76.8 Å². The molecule has 3 fully saturated rings. The van der Waals surface area contributed by atoms with Crippen molar-refractivity contribution in [2.24, 2.45) is 22.2 Å². The van der Waals surface area contributed by atoms with Gasteiger partial charge in [0.05, 0.1) is 5.69 Å². The summed E-state index contributed by atoms with van der Waals surface area (Å²) >= 11 is 0. The lowest BCUT2D eigenvalue weighted by atomic mass is 9.65. The molecule has 0 N–H and O–H groups in total. The first kappa shape index (κ1) is 16.8. The van der Waals surface area contributed by atoms with Gasteiger partial charge in [-0.2, -0.15) is 5.10 Å². The smallest absolute Gasteiger partial charge is 0.244 e. The van der Waals surface area contributed by atoms with E-state index in [0.29, 0.717) is 34.7 Å². The molecule has 2 heterocycles. The van der Waals surface area contributed by atoms with Crippen LogP contribution in [0.2, 0.25) is 0 Å². The largest absolute Gasteiger partial charge is 0.338 e. The van der Waals surface area contributed by atoms with Crippen LogP contribution in [-0.4, -0.2) is 33.2 Å². The quantitative estimate of drug-likeness (QED) is 0.806. The number of likely N-dealkylation sites (tertiary alicyclic amines) is 1. The summed E-state index contributed by atoms with van der Waals surface area (Å²) in [7, 11) is 0.